The van der Waals surface area contributed by atoms with Crippen LogP contribution in [0.1, 0.15) is 11.0 Å². The Morgan fingerprint density at radius 3 is 2.07 bits per heavy atom. The smallest absolute Gasteiger partial charge is 0.142 e. The Hall–Kier alpha value is -5.66. The molecule has 0 fully saturated rings. The normalized spacial score (nSPS) is 14.3. The molecular weight excluding hydrogens is 520 g/mol. The first-order chi connectivity index (χ1) is 24.7. The molecule has 0 saturated heterocycles. The van der Waals surface area contributed by atoms with Gasteiger partial charge < -0.3 is 4.42 Å². The zero-order valence-electron chi connectivity index (χ0n) is 30.8. The van der Waals surface area contributed by atoms with Gasteiger partial charge in [-0.3, -0.25) is 0 Å². The third-order valence-corrected chi connectivity index (χ3v) is 8.32. The minimum Gasteiger partial charge on any atom is -0.463 e. The lowest BCUT2D eigenvalue weighted by molar-refractivity contribution is 0.620. The van der Waals surface area contributed by atoms with E-state index in [0.29, 0.717) is 38.8 Å². The standard InChI is InChI=1S/C42H26O/c1-2-12-28(13-3-1)40-32-17-7-5-14-29(32)25-30-15-10-20-36(41(30)40)33-18-8-9-19-34(33)39-26-43-42-37-22-21-27-11-4-6-16-31(27)35(37)23-24-38(39)42/h1-26H/i5D,7D,10D,14D,15D,17D,20D,25D. The highest BCUT2D eigenvalue weighted by molar-refractivity contribution is 6.20. The first-order valence-electron chi connectivity index (χ1n) is 18.1. The quantitative estimate of drug-likeness (QED) is 0.156. The highest BCUT2D eigenvalue weighted by atomic mass is 16.3. The van der Waals surface area contributed by atoms with Crippen LogP contribution in [-0.4, -0.2) is 0 Å². The second-order valence-corrected chi connectivity index (χ2v) is 10.6. The van der Waals surface area contributed by atoms with E-state index in [1.807, 2.05) is 72.8 Å². The van der Waals surface area contributed by atoms with Crippen molar-refractivity contribution in [1.29, 1.82) is 0 Å². The largest absolute Gasteiger partial charge is 0.463 e. The molecule has 0 atom stereocenters. The molecule has 0 N–H and O–H groups in total. The number of fused-ring (bicyclic) bond motifs is 7. The number of rotatable bonds is 3. The van der Waals surface area contributed by atoms with Gasteiger partial charge in [0.15, 0.2) is 0 Å². The molecule has 0 radical (unpaired) electrons. The predicted molar refractivity (Wildman–Crippen MR) is 183 cm³/mol. The van der Waals surface area contributed by atoms with E-state index in [1.54, 1.807) is 6.26 Å². The van der Waals surface area contributed by atoms with Gasteiger partial charge in [-0.2, -0.15) is 0 Å². The Morgan fingerprint density at radius 2 is 1.16 bits per heavy atom. The van der Waals surface area contributed by atoms with Crippen LogP contribution in [0.15, 0.2) is 162 Å². The molecule has 1 heterocycles. The third kappa shape index (κ3) is 3.65. The molecule has 0 amide bonds. The Bertz CT molecular complexity index is 2950. The second kappa shape index (κ2) is 9.44. The maximum atomic E-state index is 9.39. The van der Waals surface area contributed by atoms with Gasteiger partial charge in [0, 0.05) is 16.3 Å². The highest BCUT2D eigenvalue weighted by Crippen LogP contribution is 2.45. The number of furan rings is 1. The summed E-state index contributed by atoms with van der Waals surface area (Å²) in [6.07, 6.45) is 1.70. The van der Waals surface area contributed by atoms with E-state index in [-0.39, 0.29) is 52.4 Å². The van der Waals surface area contributed by atoms with Crippen LogP contribution in [0.4, 0.5) is 0 Å². The van der Waals surface area contributed by atoms with E-state index in [9.17, 15) is 2.74 Å². The lowest BCUT2D eigenvalue weighted by atomic mass is 9.85. The molecule has 9 aromatic rings. The molecule has 8 aromatic carbocycles. The lowest BCUT2D eigenvalue weighted by Crippen LogP contribution is -1.91. The molecule has 9 rings (SSSR count). The molecule has 0 saturated carbocycles. The molecule has 0 bridgehead atoms. The summed E-state index contributed by atoms with van der Waals surface area (Å²) in [5, 5.41) is 5.58. The van der Waals surface area contributed by atoms with E-state index in [0.717, 1.165) is 32.5 Å². The van der Waals surface area contributed by atoms with E-state index in [4.69, 9.17) is 12.6 Å². The Balaban J connectivity index is 1.44. The SMILES string of the molecule is [2H]c1c([2H])c([2H])c2c(-c3ccccc3)c3c(-c4ccccc4-c4coc5c4ccc4c6ccccc6ccc45)c([2H])c([2H])c([2H])c3c([2H])c2c1[2H]. The summed E-state index contributed by atoms with van der Waals surface area (Å²) in [4.78, 5) is 0. The molecule has 0 spiro atoms. The molecule has 1 heteroatoms. The molecule has 0 unspecified atom stereocenters. The Labute approximate surface area is 260 Å². The van der Waals surface area contributed by atoms with Crippen LogP contribution in [0.5, 0.6) is 0 Å². The summed E-state index contributed by atoms with van der Waals surface area (Å²) in [6.45, 7) is 0. The van der Waals surface area contributed by atoms with Crippen LogP contribution in [-0.2, 0) is 0 Å². The van der Waals surface area contributed by atoms with Gasteiger partial charge in [0.1, 0.15) is 5.58 Å². The fourth-order valence-corrected chi connectivity index (χ4v) is 6.41. The van der Waals surface area contributed by atoms with Gasteiger partial charge in [0.2, 0.25) is 0 Å². The molecule has 43 heavy (non-hydrogen) atoms. The summed E-state index contributed by atoms with van der Waals surface area (Å²) in [7, 11) is 0. The van der Waals surface area contributed by atoms with Crippen molar-refractivity contribution in [2.45, 2.75) is 0 Å². The zero-order valence-corrected chi connectivity index (χ0v) is 22.8. The third-order valence-electron chi connectivity index (χ3n) is 8.32. The molecule has 0 aliphatic carbocycles. The van der Waals surface area contributed by atoms with Crippen molar-refractivity contribution < 1.29 is 15.4 Å². The van der Waals surface area contributed by atoms with E-state index >= 15 is 0 Å². The van der Waals surface area contributed by atoms with E-state index < -0.39 is 12.1 Å². The summed E-state index contributed by atoms with van der Waals surface area (Å²) in [6, 6.07) is 30.2. The van der Waals surface area contributed by atoms with Gasteiger partial charge >= 0.3 is 0 Å². The van der Waals surface area contributed by atoms with Crippen LogP contribution in [0, 0.1) is 0 Å². The van der Waals surface area contributed by atoms with Crippen molar-refractivity contribution in [1.82, 2.24) is 0 Å². The van der Waals surface area contributed by atoms with Gasteiger partial charge in [-0.1, -0.05) is 133 Å². The van der Waals surface area contributed by atoms with Crippen molar-refractivity contribution in [3.63, 3.8) is 0 Å². The summed E-state index contributed by atoms with van der Waals surface area (Å²) in [5.41, 5.74) is 4.03. The number of hydrogen-bond acceptors (Lipinski definition) is 1. The lowest BCUT2D eigenvalue weighted by Gasteiger charge is -2.17. The maximum absolute atomic E-state index is 9.39. The van der Waals surface area contributed by atoms with Crippen LogP contribution < -0.4 is 0 Å². The van der Waals surface area contributed by atoms with Crippen molar-refractivity contribution >= 4 is 54.1 Å². The van der Waals surface area contributed by atoms with Crippen molar-refractivity contribution in [3.8, 4) is 33.4 Å². The maximum Gasteiger partial charge on any atom is 0.142 e. The van der Waals surface area contributed by atoms with Crippen molar-refractivity contribution in [3.05, 3.63) is 158 Å². The van der Waals surface area contributed by atoms with Gasteiger partial charge in [-0.05, 0) is 83.7 Å². The van der Waals surface area contributed by atoms with Gasteiger partial charge in [-0.15, -0.1) is 0 Å². The minimum atomic E-state index is -0.480. The molecule has 0 aliphatic heterocycles. The average molecular weight is 555 g/mol. The number of benzene rings is 8. The minimum absolute atomic E-state index is 0.0301. The average Bonchev–Trinajstić information content (AvgIpc) is 3.60. The summed E-state index contributed by atoms with van der Waals surface area (Å²) >= 11 is 0. The topological polar surface area (TPSA) is 13.1 Å². The fourth-order valence-electron chi connectivity index (χ4n) is 6.41. The predicted octanol–water partition coefficient (Wildman–Crippen LogP) is 12.0. The first kappa shape index (κ1) is 17.3. The summed E-state index contributed by atoms with van der Waals surface area (Å²) < 4.78 is 78.0. The van der Waals surface area contributed by atoms with E-state index in [2.05, 4.69) is 30.3 Å². The van der Waals surface area contributed by atoms with Gasteiger partial charge in [0.05, 0.1) is 17.2 Å². The second-order valence-electron chi connectivity index (χ2n) is 10.6. The molecule has 1 aromatic heterocycles. The highest BCUT2D eigenvalue weighted by Gasteiger charge is 2.19. The van der Waals surface area contributed by atoms with Gasteiger partial charge in [0.25, 0.3) is 0 Å². The molecule has 0 aliphatic rings. The van der Waals surface area contributed by atoms with Crippen molar-refractivity contribution in [2.24, 2.45) is 0 Å². The number of hydrogen-bond donors (Lipinski definition) is 0. The van der Waals surface area contributed by atoms with Crippen LogP contribution in [0.2, 0.25) is 0 Å². The van der Waals surface area contributed by atoms with Crippen LogP contribution in [0.25, 0.3) is 87.4 Å². The van der Waals surface area contributed by atoms with Crippen LogP contribution in [0.3, 0.4) is 0 Å². The van der Waals surface area contributed by atoms with Gasteiger partial charge in [-0.25, -0.2) is 0 Å². The molecule has 1 nitrogen and oxygen atoms in total. The van der Waals surface area contributed by atoms with E-state index in [1.165, 1.54) is 0 Å². The Morgan fingerprint density at radius 1 is 0.442 bits per heavy atom. The molecule has 200 valence electrons. The fraction of sp³-hybridized carbons (Fsp3) is 0. The summed E-state index contributed by atoms with van der Waals surface area (Å²) in [5.74, 6) is 0. The van der Waals surface area contributed by atoms with Crippen LogP contribution >= 0.6 is 0 Å². The molecular formula is C42H26O. The van der Waals surface area contributed by atoms with Crippen molar-refractivity contribution in [2.75, 3.05) is 0 Å². The monoisotopic (exact) mass is 554 g/mol. The zero-order chi connectivity index (χ0) is 35.3. The first-order valence-corrected chi connectivity index (χ1v) is 14.1. The Kier molecular flexibility index (Phi) is 3.80.